The second-order valence-corrected chi connectivity index (χ2v) is 9.52. The number of hydrogen-bond donors (Lipinski definition) is 3. The number of amides is 4. The smallest absolute Gasteiger partial charge is 0.323 e. The van der Waals surface area contributed by atoms with Gasteiger partial charge < -0.3 is 20.6 Å². The van der Waals surface area contributed by atoms with Gasteiger partial charge in [-0.3, -0.25) is 19.3 Å². The molecule has 11 heteroatoms. The van der Waals surface area contributed by atoms with E-state index in [-0.39, 0.29) is 18.7 Å². The Kier molecular flexibility index (Phi) is 8.46. The van der Waals surface area contributed by atoms with E-state index in [1.165, 1.54) is 34.1 Å². The molecule has 2 unspecified atom stereocenters. The van der Waals surface area contributed by atoms with Crippen LogP contribution >= 0.6 is 11.6 Å². The molecule has 2 atom stereocenters. The van der Waals surface area contributed by atoms with E-state index < -0.39 is 48.3 Å². The quantitative estimate of drug-likeness (QED) is 0.400. The van der Waals surface area contributed by atoms with Crippen LogP contribution < -0.4 is 10.6 Å². The third-order valence-electron chi connectivity index (χ3n) is 6.26. The van der Waals surface area contributed by atoms with E-state index in [2.05, 4.69) is 10.6 Å². The summed E-state index contributed by atoms with van der Waals surface area (Å²) >= 11 is 5.95. The number of rotatable bonds is 7. The van der Waals surface area contributed by atoms with Crippen LogP contribution in [0.1, 0.15) is 33.9 Å². The van der Waals surface area contributed by atoms with E-state index in [0.717, 1.165) is 17.7 Å². The highest BCUT2D eigenvalue weighted by Crippen LogP contribution is 2.24. The molecule has 0 radical (unpaired) electrons. The summed E-state index contributed by atoms with van der Waals surface area (Å²) in [4.78, 5) is 54.4. The highest BCUT2D eigenvalue weighted by atomic mass is 35.5. The molecule has 39 heavy (non-hydrogen) atoms. The molecule has 1 saturated heterocycles. The van der Waals surface area contributed by atoms with Gasteiger partial charge in [0.25, 0.3) is 11.8 Å². The predicted octanol–water partition coefficient (Wildman–Crippen LogP) is 4.44. The first-order valence-corrected chi connectivity index (χ1v) is 12.5. The fraction of sp³-hybridized carbons (Fsp3) is 0.214. The normalized spacial score (nSPS) is 15.5. The summed E-state index contributed by atoms with van der Waals surface area (Å²) in [5, 5.41) is 15.3. The largest absolute Gasteiger partial charge is 0.481 e. The molecule has 1 heterocycles. The van der Waals surface area contributed by atoms with Crippen molar-refractivity contribution in [2.75, 3.05) is 18.4 Å². The zero-order valence-electron chi connectivity index (χ0n) is 20.9. The number of nitrogens with zero attached hydrogens (tertiary/aromatic N) is 2. The predicted molar refractivity (Wildman–Crippen MR) is 143 cm³/mol. The summed E-state index contributed by atoms with van der Waals surface area (Å²) in [6.07, 6.45) is -1.88. The van der Waals surface area contributed by atoms with Crippen LogP contribution in [-0.2, 0) is 9.59 Å². The van der Waals surface area contributed by atoms with Crippen LogP contribution in [0.15, 0.2) is 72.8 Å². The molecule has 3 N–H and O–H groups in total. The highest BCUT2D eigenvalue weighted by Gasteiger charge is 2.43. The number of carboxylic acids is 1. The van der Waals surface area contributed by atoms with Gasteiger partial charge in [0.2, 0.25) is 0 Å². The Balaban J connectivity index is 1.64. The van der Waals surface area contributed by atoms with Crippen LogP contribution in [0.3, 0.4) is 0 Å². The van der Waals surface area contributed by atoms with Gasteiger partial charge in [0.1, 0.15) is 5.82 Å². The fourth-order valence-electron chi connectivity index (χ4n) is 4.38. The molecule has 1 fully saturated rings. The maximum absolute atomic E-state index is 13.7. The monoisotopic (exact) mass is 552 g/mol. The third-order valence-corrected chi connectivity index (χ3v) is 6.51. The number of halogens is 2. The molecular formula is C28H26ClFN4O5. The lowest BCUT2D eigenvalue weighted by atomic mass is 10.0. The number of hydrogen-bond acceptors (Lipinski definition) is 4. The molecule has 1 aliphatic rings. The van der Waals surface area contributed by atoms with Crippen molar-refractivity contribution < 1.29 is 28.7 Å². The van der Waals surface area contributed by atoms with E-state index >= 15 is 0 Å². The third kappa shape index (κ3) is 6.71. The van der Waals surface area contributed by atoms with Crippen LogP contribution in [-0.4, -0.2) is 58.0 Å². The number of carboxylic acid groups (broad SMARTS) is 1. The lowest BCUT2D eigenvalue weighted by Crippen LogP contribution is -2.55. The Hall–Kier alpha value is -4.44. The molecule has 0 saturated carbocycles. The average molecular weight is 553 g/mol. The number of benzene rings is 3. The summed E-state index contributed by atoms with van der Waals surface area (Å²) in [5.41, 5.74) is 2.05. The van der Waals surface area contributed by atoms with Crippen molar-refractivity contribution in [2.45, 2.75) is 25.6 Å². The van der Waals surface area contributed by atoms with Crippen molar-refractivity contribution >= 4 is 41.1 Å². The van der Waals surface area contributed by atoms with Gasteiger partial charge in [0, 0.05) is 29.4 Å². The SMILES string of the molecule is Cc1cccc(NC(=O)N2CCN(C(=O)c3ccc(Cl)cc3)C2C(=O)NC(CC(=O)O)c2ccc(F)cc2)c1. The number of aryl methyl sites for hydroxylation is 1. The van der Waals surface area contributed by atoms with E-state index in [4.69, 9.17) is 11.6 Å². The lowest BCUT2D eigenvalue weighted by molar-refractivity contribution is -0.138. The average Bonchev–Trinajstić information content (AvgIpc) is 3.34. The molecule has 3 aromatic rings. The van der Waals surface area contributed by atoms with Crippen LogP contribution in [0.5, 0.6) is 0 Å². The molecule has 4 amide bonds. The summed E-state index contributed by atoms with van der Waals surface area (Å²) in [6.45, 7) is 1.97. The van der Waals surface area contributed by atoms with Crippen molar-refractivity contribution in [1.82, 2.24) is 15.1 Å². The molecule has 0 bridgehead atoms. The molecule has 202 valence electrons. The maximum atomic E-state index is 13.7. The van der Waals surface area contributed by atoms with Gasteiger partial charge in [0.05, 0.1) is 12.5 Å². The number of carbonyl (C=O) groups excluding carboxylic acids is 3. The van der Waals surface area contributed by atoms with E-state index in [0.29, 0.717) is 16.3 Å². The zero-order chi connectivity index (χ0) is 28.1. The number of carbonyl (C=O) groups is 4. The van der Waals surface area contributed by atoms with Gasteiger partial charge in [-0.2, -0.15) is 0 Å². The number of urea groups is 1. The number of nitrogens with one attached hydrogen (secondary N) is 2. The molecule has 1 aliphatic heterocycles. The molecule has 0 aromatic heterocycles. The molecule has 0 aliphatic carbocycles. The minimum Gasteiger partial charge on any atom is -0.481 e. The van der Waals surface area contributed by atoms with Crippen molar-refractivity contribution in [2.24, 2.45) is 0 Å². The second kappa shape index (κ2) is 12.0. The molecule has 0 spiro atoms. The van der Waals surface area contributed by atoms with Crippen LogP contribution in [0, 0.1) is 12.7 Å². The maximum Gasteiger partial charge on any atom is 0.323 e. The summed E-state index contributed by atoms with van der Waals surface area (Å²) in [5.74, 6) is -2.98. The first kappa shape index (κ1) is 27.6. The van der Waals surface area contributed by atoms with Crippen LogP contribution in [0.4, 0.5) is 14.9 Å². The molecule has 3 aromatic carbocycles. The van der Waals surface area contributed by atoms with Gasteiger partial charge >= 0.3 is 12.0 Å². The summed E-state index contributed by atoms with van der Waals surface area (Å²) in [6, 6.07) is 16.6. The van der Waals surface area contributed by atoms with E-state index in [9.17, 15) is 28.7 Å². The van der Waals surface area contributed by atoms with Crippen LogP contribution in [0.25, 0.3) is 0 Å². The topological polar surface area (TPSA) is 119 Å². The zero-order valence-corrected chi connectivity index (χ0v) is 21.7. The summed E-state index contributed by atoms with van der Waals surface area (Å²) in [7, 11) is 0. The Morgan fingerprint density at radius 2 is 1.67 bits per heavy atom. The minimum atomic E-state index is -1.38. The van der Waals surface area contributed by atoms with Crippen molar-refractivity contribution in [3.8, 4) is 0 Å². The Labute approximate surface area is 229 Å². The Morgan fingerprint density at radius 3 is 2.31 bits per heavy atom. The van der Waals surface area contributed by atoms with Gasteiger partial charge in [0.15, 0.2) is 6.17 Å². The second-order valence-electron chi connectivity index (χ2n) is 9.08. The number of aliphatic carboxylic acids is 1. The minimum absolute atomic E-state index is 0.0508. The number of anilines is 1. The van der Waals surface area contributed by atoms with E-state index in [1.807, 2.05) is 13.0 Å². The molecular weight excluding hydrogens is 527 g/mol. The van der Waals surface area contributed by atoms with Crippen molar-refractivity contribution in [1.29, 1.82) is 0 Å². The van der Waals surface area contributed by atoms with Gasteiger partial charge in [-0.05, 0) is 66.6 Å². The van der Waals surface area contributed by atoms with Gasteiger partial charge in [-0.15, -0.1) is 0 Å². The highest BCUT2D eigenvalue weighted by molar-refractivity contribution is 6.30. The molecule has 4 rings (SSSR count). The van der Waals surface area contributed by atoms with E-state index in [1.54, 1.807) is 30.3 Å². The van der Waals surface area contributed by atoms with Gasteiger partial charge in [-0.25, -0.2) is 9.18 Å². The standard InChI is InChI=1S/C28H26ClFN4O5/c1-17-3-2-4-22(15-17)31-28(39)34-14-13-33(27(38)19-5-9-20(29)10-6-19)26(34)25(37)32-23(16-24(35)36)18-7-11-21(30)12-8-18/h2-12,15,23,26H,13-14,16H2,1H3,(H,31,39)(H,32,37)(H,35,36). The first-order chi connectivity index (χ1) is 18.6. The van der Waals surface area contributed by atoms with Crippen LogP contribution in [0.2, 0.25) is 5.02 Å². The summed E-state index contributed by atoms with van der Waals surface area (Å²) < 4.78 is 13.5. The Morgan fingerprint density at radius 1 is 1.00 bits per heavy atom. The first-order valence-electron chi connectivity index (χ1n) is 12.1. The van der Waals surface area contributed by atoms with Crippen molar-refractivity contribution in [3.63, 3.8) is 0 Å². The van der Waals surface area contributed by atoms with Gasteiger partial charge in [-0.1, -0.05) is 35.9 Å². The lowest BCUT2D eigenvalue weighted by Gasteiger charge is -2.31. The Bertz CT molecular complexity index is 1380. The molecule has 9 nitrogen and oxygen atoms in total. The fourth-order valence-corrected chi connectivity index (χ4v) is 4.51. The van der Waals surface area contributed by atoms with Crippen molar-refractivity contribution in [3.05, 3.63) is 100 Å².